The molecule has 0 radical (unpaired) electrons. The van der Waals surface area contributed by atoms with Crippen LogP contribution in [0, 0.1) is 0 Å². The second kappa shape index (κ2) is 8.32. The van der Waals surface area contributed by atoms with E-state index in [-0.39, 0.29) is 11.3 Å². The Labute approximate surface area is 212 Å². The highest BCUT2D eigenvalue weighted by atomic mass is 79.9. The van der Waals surface area contributed by atoms with E-state index >= 15 is 0 Å². The molecule has 3 aliphatic heterocycles. The Hall–Kier alpha value is -2.42. The fraction of sp³-hybridized carbons (Fsp3) is 0.481. The molecular weight excluding hydrogens is 508 g/mol. The Bertz CT molecular complexity index is 1350. The second-order valence-electron chi connectivity index (χ2n) is 10.2. The third kappa shape index (κ3) is 3.52. The molecule has 0 N–H and O–H groups in total. The second-order valence-corrected chi connectivity index (χ2v) is 11.0. The summed E-state index contributed by atoms with van der Waals surface area (Å²) in [5, 5.41) is 0.654. The molecule has 0 bridgehead atoms. The van der Waals surface area contributed by atoms with Crippen LogP contribution in [0.25, 0.3) is 10.9 Å². The van der Waals surface area contributed by atoms with Crippen LogP contribution in [0.15, 0.2) is 45.7 Å². The summed E-state index contributed by atoms with van der Waals surface area (Å²) in [4.78, 5) is 22.6. The Balaban J connectivity index is 1.31. The van der Waals surface area contributed by atoms with Gasteiger partial charge in [0.1, 0.15) is 0 Å². The van der Waals surface area contributed by atoms with Crippen LogP contribution in [0.2, 0.25) is 0 Å². The number of benzene rings is 2. The van der Waals surface area contributed by atoms with Crippen molar-refractivity contribution in [3.05, 3.63) is 56.8 Å². The molecule has 8 heteroatoms. The molecule has 1 saturated carbocycles. The number of rotatable bonds is 2. The Kier molecular flexibility index (Phi) is 5.19. The summed E-state index contributed by atoms with van der Waals surface area (Å²) >= 11 is 3.57. The van der Waals surface area contributed by atoms with Gasteiger partial charge in [-0.2, -0.15) is 4.98 Å². The highest BCUT2D eigenvalue weighted by molar-refractivity contribution is 9.10. The maximum Gasteiger partial charge on any atom is 0.283 e. The topological polar surface area (TPSA) is 59.8 Å². The summed E-state index contributed by atoms with van der Waals surface area (Å²) < 4.78 is 14.9. The molecule has 0 unspecified atom stereocenters. The molecule has 1 aliphatic carbocycles. The van der Waals surface area contributed by atoms with E-state index in [0.29, 0.717) is 31.2 Å². The van der Waals surface area contributed by atoms with Crippen LogP contribution in [-0.2, 0) is 16.0 Å². The van der Waals surface area contributed by atoms with Crippen molar-refractivity contribution in [2.24, 2.45) is 0 Å². The third-order valence-electron chi connectivity index (χ3n) is 8.21. The van der Waals surface area contributed by atoms with Crippen LogP contribution in [-0.4, -0.2) is 47.7 Å². The zero-order chi connectivity index (χ0) is 23.6. The molecule has 182 valence electrons. The van der Waals surface area contributed by atoms with Crippen molar-refractivity contribution in [3.63, 3.8) is 0 Å². The zero-order valence-corrected chi connectivity index (χ0v) is 21.3. The van der Waals surface area contributed by atoms with Crippen LogP contribution in [0.4, 0.5) is 17.3 Å². The molecule has 3 fully saturated rings. The Morgan fingerprint density at radius 2 is 1.80 bits per heavy atom. The van der Waals surface area contributed by atoms with E-state index in [9.17, 15) is 4.79 Å². The van der Waals surface area contributed by atoms with E-state index in [1.807, 2.05) is 18.2 Å². The summed E-state index contributed by atoms with van der Waals surface area (Å²) in [5.41, 5.74) is 4.46. The lowest BCUT2D eigenvalue weighted by molar-refractivity contribution is -0.169. The van der Waals surface area contributed by atoms with Crippen LogP contribution < -0.4 is 15.4 Å². The molecule has 0 amide bonds. The van der Waals surface area contributed by atoms with Gasteiger partial charge in [0.2, 0.25) is 5.95 Å². The number of anilines is 3. The first-order valence-electron chi connectivity index (χ1n) is 12.8. The van der Waals surface area contributed by atoms with Crippen molar-refractivity contribution in [1.82, 2.24) is 9.55 Å². The van der Waals surface area contributed by atoms with E-state index in [2.05, 4.69) is 53.5 Å². The van der Waals surface area contributed by atoms with Crippen molar-refractivity contribution < 1.29 is 9.47 Å². The molecule has 3 aromatic rings. The molecule has 7 rings (SSSR count). The number of hydrogen-bond acceptors (Lipinski definition) is 6. The molecule has 4 aliphatic rings. The van der Waals surface area contributed by atoms with Crippen molar-refractivity contribution in [2.45, 2.75) is 56.9 Å². The minimum Gasteiger partial charge on any atom is -0.371 e. The third-order valence-corrected chi connectivity index (χ3v) is 8.87. The van der Waals surface area contributed by atoms with Crippen molar-refractivity contribution >= 4 is 44.2 Å². The minimum absolute atomic E-state index is 0.167. The molecular formula is C27H29BrN4O3. The maximum atomic E-state index is 13.2. The fourth-order valence-corrected chi connectivity index (χ4v) is 6.93. The summed E-state index contributed by atoms with van der Waals surface area (Å²) in [7, 11) is 0. The molecule has 7 nitrogen and oxygen atoms in total. The quantitative estimate of drug-likeness (QED) is 0.462. The first-order chi connectivity index (χ1) is 17.1. The first-order valence-corrected chi connectivity index (χ1v) is 13.6. The Morgan fingerprint density at radius 1 is 1.03 bits per heavy atom. The van der Waals surface area contributed by atoms with Gasteiger partial charge in [0.25, 0.3) is 5.56 Å². The van der Waals surface area contributed by atoms with E-state index in [1.54, 1.807) is 0 Å². The van der Waals surface area contributed by atoms with Crippen LogP contribution in [0.1, 0.15) is 44.1 Å². The number of fused-ring (bicyclic) bond motifs is 4. The molecule has 1 spiro atoms. The zero-order valence-electron chi connectivity index (χ0n) is 19.7. The lowest BCUT2D eigenvalue weighted by Crippen LogP contribution is -2.45. The predicted molar refractivity (Wildman–Crippen MR) is 140 cm³/mol. The summed E-state index contributed by atoms with van der Waals surface area (Å²) in [6.45, 7) is 3.93. The lowest BCUT2D eigenvalue weighted by atomic mass is 10.0. The Morgan fingerprint density at radius 3 is 2.57 bits per heavy atom. The number of nitrogens with zero attached hydrogens (tertiary/aromatic N) is 4. The monoisotopic (exact) mass is 536 g/mol. The first kappa shape index (κ1) is 21.8. The number of hydrogen-bond donors (Lipinski definition) is 0. The SMILES string of the molecule is O=c1nc2n(c3cccc(Br)c13)Cc1ccc(N3CCC4(CC3)OCCO4)cc1N2C1CCCC1. The van der Waals surface area contributed by atoms with Gasteiger partial charge in [-0.1, -0.05) is 25.0 Å². The average molecular weight is 537 g/mol. The molecule has 2 saturated heterocycles. The van der Waals surface area contributed by atoms with E-state index in [4.69, 9.17) is 9.47 Å². The van der Waals surface area contributed by atoms with Gasteiger partial charge in [-0.05, 0) is 58.6 Å². The van der Waals surface area contributed by atoms with Crippen molar-refractivity contribution in [3.8, 4) is 0 Å². The number of ether oxygens (including phenoxy) is 2. The largest absolute Gasteiger partial charge is 0.371 e. The predicted octanol–water partition coefficient (Wildman–Crippen LogP) is 4.94. The van der Waals surface area contributed by atoms with Gasteiger partial charge < -0.3 is 23.8 Å². The van der Waals surface area contributed by atoms with Crippen LogP contribution in [0.5, 0.6) is 0 Å². The summed E-state index contributed by atoms with van der Waals surface area (Å²) in [5.74, 6) is 0.405. The molecule has 4 heterocycles. The lowest BCUT2D eigenvalue weighted by Gasteiger charge is -2.41. The van der Waals surface area contributed by atoms with Gasteiger partial charge in [-0.25, -0.2) is 0 Å². The summed E-state index contributed by atoms with van der Waals surface area (Å²) in [6, 6.07) is 13.2. The van der Waals surface area contributed by atoms with E-state index in [1.165, 1.54) is 29.8 Å². The van der Waals surface area contributed by atoms with E-state index in [0.717, 1.165) is 54.7 Å². The number of halogens is 1. The van der Waals surface area contributed by atoms with E-state index < -0.39 is 0 Å². The van der Waals surface area contributed by atoms with Gasteiger partial charge in [-0.3, -0.25) is 4.79 Å². The summed E-state index contributed by atoms with van der Waals surface area (Å²) in [6.07, 6.45) is 6.45. The van der Waals surface area contributed by atoms with Crippen molar-refractivity contribution in [1.29, 1.82) is 0 Å². The average Bonchev–Trinajstić information content (AvgIpc) is 3.56. The number of piperidine rings is 1. The van der Waals surface area contributed by atoms with Crippen LogP contribution >= 0.6 is 15.9 Å². The van der Waals surface area contributed by atoms with Gasteiger partial charge in [-0.15, -0.1) is 0 Å². The highest BCUT2D eigenvalue weighted by Crippen LogP contribution is 2.43. The van der Waals surface area contributed by atoms with Gasteiger partial charge in [0.15, 0.2) is 5.79 Å². The van der Waals surface area contributed by atoms with Gasteiger partial charge >= 0.3 is 0 Å². The minimum atomic E-state index is -0.375. The van der Waals surface area contributed by atoms with Crippen LogP contribution in [0.3, 0.4) is 0 Å². The molecule has 1 aromatic heterocycles. The maximum absolute atomic E-state index is 13.2. The number of aromatic nitrogens is 2. The van der Waals surface area contributed by atoms with Gasteiger partial charge in [0.05, 0.1) is 36.3 Å². The highest BCUT2D eigenvalue weighted by Gasteiger charge is 2.40. The van der Waals surface area contributed by atoms with Crippen molar-refractivity contribution in [2.75, 3.05) is 36.1 Å². The normalized spacial score (nSPS) is 21.6. The molecule has 2 aromatic carbocycles. The fourth-order valence-electron chi connectivity index (χ4n) is 6.40. The van der Waals surface area contributed by atoms with Gasteiger partial charge in [0, 0.05) is 42.1 Å². The molecule has 35 heavy (non-hydrogen) atoms. The smallest absolute Gasteiger partial charge is 0.283 e. The standard InChI is InChI=1S/C27H29BrN4O3/c28-21-6-3-7-22-24(21)25(33)29-26-31(22)17-18-8-9-20(16-23(18)32(26)19-4-1-2-5-19)30-12-10-27(11-13-30)34-14-15-35-27/h3,6-9,16,19H,1-2,4-5,10-15,17H2. The molecule has 0 atom stereocenters.